The number of hydrogen-bond donors (Lipinski definition) is 0. The molecule has 2 aliphatic heterocycles. The summed E-state index contributed by atoms with van der Waals surface area (Å²) < 4.78 is 14.0. The van der Waals surface area contributed by atoms with Gasteiger partial charge in [0.15, 0.2) is 11.4 Å². The summed E-state index contributed by atoms with van der Waals surface area (Å²) >= 11 is 7.05. The SMILES string of the molecule is C=C1OC2(c3ccccc31)c1cccc(Br)c1Oc1c2ccc(N=O)c1Br. The number of rotatable bonds is 1. The van der Waals surface area contributed by atoms with Crippen LogP contribution in [0.15, 0.2) is 75.3 Å². The van der Waals surface area contributed by atoms with Gasteiger partial charge in [0.25, 0.3) is 0 Å². The highest BCUT2D eigenvalue weighted by atomic mass is 79.9. The number of hydrogen-bond acceptors (Lipinski definition) is 4. The van der Waals surface area contributed by atoms with Crippen molar-refractivity contribution in [3.8, 4) is 11.5 Å². The highest BCUT2D eigenvalue weighted by Crippen LogP contribution is 2.61. The maximum absolute atomic E-state index is 11.2. The van der Waals surface area contributed by atoms with Crippen molar-refractivity contribution in [2.75, 3.05) is 0 Å². The summed E-state index contributed by atoms with van der Waals surface area (Å²) in [4.78, 5) is 11.2. The minimum absolute atomic E-state index is 0.268. The molecule has 0 aliphatic carbocycles. The fourth-order valence-corrected chi connectivity index (χ4v) is 4.80. The van der Waals surface area contributed by atoms with Gasteiger partial charge in [-0.2, -0.15) is 0 Å². The van der Waals surface area contributed by atoms with Gasteiger partial charge in [0.1, 0.15) is 17.2 Å². The molecule has 1 spiro atoms. The molecule has 1 atom stereocenters. The summed E-state index contributed by atoms with van der Waals surface area (Å²) in [6.07, 6.45) is 0. The van der Waals surface area contributed by atoms with E-state index < -0.39 is 5.60 Å². The van der Waals surface area contributed by atoms with Crippen LogP contribution in [0.3, 0.4) is 0 Å². The lowest BCUT2D eigenvalue weighted by molar-refractivity contribution is 0.125. The molecule has 0 N–H and O–H groups in total. The van der Waals surface area contributed by atoms with Crippen LogP contribution in [0.25, 0.3) is 5.76 Å². The van der Waals surface area contributed by atoms with Gasteiger partial charge < -0.3 is 9.47 Å². The van der Waals surface area contributed by atoms with E-state index in [-0.39, 0.29) is 5.69 Å². The second-order valence-corrected chi connectivity index (χ2v) is 7.98. The molecule has 6 heteroatoms. The minimum atomic E-state index is -0.912. The van der Waals surface area contributed by atoms with Crippen LogP contribution in [0.2, 0.25) is 0 Å². The molecule has 2 heterocycles. The number of benzene rings is 3. The van der Waals surface area contributed by atoms with Crippen LogP contribution < -0.4 is 4.74 Å². The van der Waals surface area contributed by atoms with Crippen molar-refractivity contribution in [1.29, 1.82) is 0 Å². The molecule has 27 heavy (non-hydrogen) atoms. The van der Waals surface area contributed by atoms with E-state index in [4.69, 9.17) is 9.47 Å². The van der Waals surface area contributed by atoms with Crippen LogP contribution in [0.5, 0.6) is 11.5 Å². The van der Waals surface area contributed by atoms with Gasteiger partial charge in [-0.15, -0.1) is 4.91 Å². The second kappa shape index (κ2) is 5.78. The highest BCUT2D eigenvalue weighted by Gasteiger charge is 2.52. The van der Waals surface area contributed by atoms with Crippen molar-refractivity contribution in [3.05, 3.63) is 97.3 Å². The Hall–Kier alpha value is -2.44. The lowest BCUT2D eigenvalue weighted by atomic mass is 9.77. The van der Waals surface area contributed by atoms with E-state index in [1.54, 1.807) is 6.07 Å². The van der Waals surface area contributed by atoms with Crippen LogP contribution in [0, 0.1) is 4.91 Å². The zero-order valence-electron chi connectivity index (χ0n) is 13.8. The van der Waals surface area contributed by atoms with Gasteiger partial charge in [-0.3, -0.25) is 0 Å². The number of nitrogens with zero attached hydrogens (tertiary/aromatic N) is 1. The van der Waals surface area contributed by atoms with Gasteiger partial charge in [0, 0.05) is 22.3 Å². The van der Waals surface area contributed by atoms with Crippen LogP contribution >= 0.6 is 31.9 Å². The molecule has 0 saturated carbocycles. The van der Waals surface area contributed by atoms with Crippen molar-refractivity contribution >= 4 is 43.3 Å². The maximum atomic E-state index is 11.2. The third-order valence-corrected chi connectivity index (χ3v) is 6.38. The molecule has 2 aliphatic rings. The third-order valence-electron chi connectivity index (χ3n) is 4.99. The fraction of sp³-hybridized carbons (Fsp3) is 0.0476. The Morgan fingerprint density at radius 2 is 1.63 bits per heavy atom. The Labute approximate surface area is 172 Å². The Kier molecular flexibility index (Phi) is 3.58. The van der Waals surface area contributed by atoms with Gasteiger partial charge in [0.2, 0.25) is 0 Å². The van der Waals surface area contributed by atoms with Crippen molar-refractivity contribution in [1.82, 2.24) is 0 Å². The van der Waals surface area contributed by atoms with E-state index in [1.165, 1.54) is 0 Å². The first-order chi connectivity index (χ1) is 13.1. The molecular formula is C21H11Br2NO3. The van der Waals surface area contributed by atoms with Crippen LogP contribution in [0.4, 0.5) is 5.69 Å². The Balaban J connectivity index is 1.94. The zero-order chi connectivity index (χ0) is 18.8. The van der Waals surface area contributed by atoms with Gasteiger partial charge in [-0.05, 0) is 55.2 Å². The van der Waals surface area contributed by atoms with E-state index in [1.807, 2.05) is 48.5 Å². The minimum Gasteiger partial charge on any atom is -0.473 e. The lowest BCUT2D eigenvalue weighted by Gasteiger charge is -2.38. The fourth-order valence-electron chi connectivity index (χ4n) is 3.86. The third kappa shape index (κ3) is 2.08. The standard InChI is InChI=1S/C21H11Br2NO3/c1-11-12-5-2-3-6-13(12)21(27-11)14-7-4-8-16(22)19(14)26-20-15(21)9-10-17(24-25)18(20)23/h2-10H,1H2. The summed E-state index contributed by atoms with van der Waals surface area (Å²) in [6, 6.07) is 17.3. The van der Waals surface area contributed by atoms with Crippen LogP contribution in [0.1, 0.15) is 22.3 Å². The molecule has 1 unspecified atom stereocenters. The summed E-state index contributed by atoms with van der Waals surface area (Å²) in [5.74, 6) is 1.74. The van der Waals surface area contributed by atoms with Crippen molar-refractivity contribution in [2.45, 2.75) is 5.60 Å². The van der Waals surface area contributed by atoms with Gasteiger partial charge in [-0.1, -0.05) is 43.0 Å². The largest absolute Gasteiger partial charge is 0.473 e. The number of para-hydroxylation sites is 1. The topological polar surface area (TPSA) is 47.9 Å². The van der Waals surface area contributed by atoms with Gasteiger partial charge >= 0.3 is 0 Å². The predicted molar refractivity (Wildman–Crippen MR) is 110 cm³/mol. The van der Waals surface area contributed by atoms with Crippen molar-refractivity contribution in [3.63, 3.8) is 0 Å². The maximum Gasteiger partial charge on any atom is 0.192 e. The van der Waals surface area contributed by atoms with Gasteiger partial charge in [-0.25, -0.2) is 0 Å². The second-order valence-electron chi connectivity index (χ2n) is 6.34. The molecule has 0 fully saturated rings. The summed E-state index contributed by atoms with van der Waals surface area (Å²) in [5.41, 5.74) is 2.95. The van der Waals surface area contributed by atoms with E-state index in [0.29, 0.717) is 21.7 Å². The summed E-state index contributed by atoms with van der Waals surface area (Å²) in [5, 5.41) is 3.08. The smallest absolute Gasteiger partial charge is 0.192 e. The average Bonchev–Trinajstić information content (AvgIpc) is 2.97. The molecule has 3 aromatic carbocycles. The molecule has 0 bridgehead atoms. The molecule has 0 saturated heterocycles. The number of nitroso groups, excluding NO2 is 1. The van der Waals surface area contributed by atoms with Crippen molar-refractivity contribution < 1.29 is 9.47 Å². The Morgan fingerprint density at radius 1 is 0.889 bits per heavy atom. The number of ether oxygens (including phenoxy) is 2. The molecule has 3 aromatic rings. The molecule has 0 radical (unpaired) electrons. The molecule has 4 nitrogen and oxygen atoms in total. The first-order valence-electron chi connectivity index (χ1n) is 8.19. The lowest BCUT2D eigenvalue weighted by Crippen LogP contribution is -2.32. The van der Waals surface area contributed by atoms with E-state index in [2.05, 4.69) is 43.6 Å². The first kappa shape index (κ1) is 16.7. The number of halogens is 2. The zero-order valence-corrected chi connectivity index (χ0v) is 17.0. The molecule has 0 aromatic heterocycles. The quantitative estimate of drug-likeness (QED) is 0.349. The molecular weight excluding hydrogens is 474 g/mol. The highest BCUT2D eigenvalue weighted by molar-refractivity contribution is 9.11. The summed E-state index contributed by atoms with van der Waals surface area (Å²) in [7, 11) is 0. The summed E-state index contributed by atoms with van der Waals surface area (Å²) in [6.45, 7) is 4.11. The van der Waals surface area contributed by atoms with Crippen LogP contribution in [-0.4, -0.2) is 0 Å². The monoisotopic (exact) mass is 483 g/mol. The van der Waals surface area contributed by atoms with E-state index >= 15 is 0 Å². The normalized spacial score (nSPS) is 19.0. The van der Waals surface area contributed by atoms with Gasteiger partial charge in [0.05, 0.1) is 8.95 Å². The van der Waals surface area contributed by atoms with E-state index in [9.17, 15) is 4.91 Å². The van der Waals surface area contributed by atoms with Crippen LogP contribution in [-0.2, 0) is 10.3 Å². The van der Waals surface area contributed by atoms with Crippen molar-refractivity contribution in [2.24, 2.45) is 5.18 Å². The molecule has 5 rings (SSSR count). The van der Waals surface area contributed by atoms with E-state index in [0.717, 1.165) is 26.7 Å². The first-order valence-corrected chi connectivity index (χ1v) is 9.77. The number of fused-ring (bicyclic) bond motifs is 6. The molecule has 132 valence electrons. The predicted octanol–water partition coefficient (Wildman–Crippen LogP) is 7.01. The molecule has 0 amide bonds. The Bertz CT molecular complexity index is 1160. The average molecular weight is 485 g/mol. The Morgan fingerprint density at radius 3 is 2.44 bits per heavy atom.